The summed E-state index contributed by atoms with van der Waals surface area (Å²) in [4.78, 5) is 20.6. The summed E-state index contributed by atoms with van der Waals surface area (Å²) >= 11 is 1.31. The number of anilines is 2. The van der Waals surface area contributed by atoms with Crippen molar-refractivity contribution < 1.29 is 22.7 Å². The molecule has 3 rings (SSSR count). The van der Waals surface area contributed by atoms with Gasteiger partial charge in [0.25, 0.3) is 0 Å². The van der Waals surface area contributed by atoms with E-state index in [0.717, 1.165) is 17.1 Å². The van der Waals surface area contributed by atoms with Gasteiger partial charge in [0.1, 0.15) is 12.2 Å². The highest BCUT2D eigenvalue weighted by molar-refractivity contribution is 7.13. The van der Waals surface area contributed by atoms with Crippen molar-refractivity contribution in [2.24, 2.45) is 5.92 Å². The Labute approximate surface area is 194 Å². The van der Waals surface area contributed by atoms with Gasteiger partial charge in [-0.3, -0.25) is 4.79 Å². The van der Waals surface area contributed by atoms with Crippen molar-refractivity contribution in [1.82, 2.24) is 19.9 Å². The fraction of sp³-hybridized carbons (Fsp3) is 0.409. The smallest absolute Gasteiger partial charge is 0.397 e. The standard InChI is InChI=1S/C22H26F3N5O2S/c1-13(2)7-16(28-20(31)9-22(23,24)25)17-11-33-21(29-17)27-15-5-6-18(19(8-15)32-4)30-10-14(3)26-12-30/h5-6,8,10-13,16H,7,9H2,1-4H3,(H,27,29)(H,28,31)/t16-/m0/s1. The van der Waals surface area contributed by atoms with E-state index in [1.807, 2.05) is 49.7 Å². The summed E-state index contributed by atoms with van der Waals surface area (Å²) in [6.45, 7) is 5.77. The largest absolute Gasteiger partial charge is 0.494 e. The van der Waals surface area contributed by atoms with Crippen LogP contribution >= 0.6 is 11.3 Å². The summed E-state index contributed by atoms with van der Waals surface area (Å²) in [5.41, 5.74) is 2.96. The molecule has 178 valence electrons. The number of amides is 1. The number of rotatable bonds is 9. The summed E-state index contributed by atoms with van der Waals surface area (Å²) in [7, 11) is 1.58. The van der Waals surface area contributed by atoms with Crippen LogP contribution in [0.4, 0.5) is 24.0 Å². The van der Waals surface area contributed by atoms with Crippen LogP contribution < -0.4 is 15.4 Å². The number of aromatic nitrogens is 3. The second-order valence-corrected chi connectivity index (χ2v) is 8.91. The van der Waals surface area contributed by atoms with E-state index in [1.54, 1.807) is 18.8 Å². The third kappa shape index (κ3) is 6.95. The number of methoxy groups -OCH3 is 1. The van der Waals surface area contributed by atoms with Crippen molar-refractivity contribution in [3.8, 4) is 11.4 Å². The molecule has 2 N–H and O–H groups in total. The number of aryl methyl sites for hydroxylation is 1. The molecule has 0 unspecified atom stereocenters. The molecule has 7 nitrogen and oxygen atoms in total. The van der Waals surface area contributed by atoms with E-state index in [4.69, 9.17) is 4.74 Å². The molecular formula is C22H26F3N5O2S. The van der Waals surface area contributed by atoms with Crippen LogP contribution in [0.15, 0.2) is 36.1 Å². The Kier molecular flexibility index (Phi) is 7.62. The third-order valence-corrected chi connectivity index (χ3v) is 5.48. The Hall–Kier alpha value is -3.08. The number of alkyl halides is 3. The molecule has 0 aliphatic heterocycles. The van der Waals surface area contributed by atoms with E-state index in [2.05, 4.69) is 20.6 Å². The molecule has 0 spiro atoms. The number of carbonyl (C=O) groups is 1. The summed E-state index contributed by atoms with van der Waals surface area (Å²) in [6.07, 6.45) is -2.00. The van der Waals surface area contributed by atoms with E-state index in [9.17, 15) is 18.0 Å². The first-order valence-electron chi connectivity index (χ1n) is 10.3. The molecule has 33 heavy (non-hydrogen) atoms. The predicted molar refractivity (Wildman–Crippen MR) is 121 cm³/mol. The Morgan fingerprint density at radius 1 is 1.30 bits per heavy atom. The minimum absolute atomic E-state index is 0.155. The van der Waals surface area contributed by atoms with Gasteiger partial charge in [-0.15, -0.1) is 11.3 Å². The normalized spacial score (nSPS) is 12.6. The first-order chi connectivity index (χ1) is 15.5. The lowest BCUT2D eigenvalue weighted by molar-refractivity contribution is -0.154. The maximum atomic E-state index is 12.6. The molecule has 1 atom stereocenters. The fourth-order valence-corrected chi connectivity index (χ4v) is 4.09. The van der Waals surface area contributed by atoms with Gasteiger partial charge in [0.05, 0.1) is 36.6 Å². The third-order valence-electron chi connectivity index (χ3n) is 4.70. The number of hydrogen-bond donors (Lipinski definition) is 2. The van der Waals surface area contributed by atoms with Gasteiger partial charge in [-0.25, -0.2) is 9.97 Å². The minimum Gasteiger partial charge on any atom is -0.494 e. The molecular weight excluding hydrogens is 455 g/mol. The second-order valence-electron chi connectivity index (χ2n) is 8.05. The van der Waals surface area contributed by atoms with Crippen LogP contribution in [-0.2, 0) is 4.79 Å². The molecule has 0 radical (unpaired) electrons. The number of thiazole rings is 1. The number of hydrogen-bond acceptors (Lipinski definition) is 6. The summed E-state index contributed by atoms with van der Waals surface area (Å²) in [5, 5.41) is 7.96. The van der Waals surface area contributed by atoms with Crippen molar-refractivity contribution in [3.05, 3.63) is 47.5 Å². The van der Waals surface area contributed by atoms with E-state index < -0.39 is 24.5 Å². The van der Waals surface area contributed by atoms with Crippen molar-refractivity contribution in [2.45, 2.75) is 45.8 Å². The number of carbonyl (C=O) groups excluding carboxylic acids is 1. The van der Waals surface area contributed by atoms with Crippen LogP contribution in [0.1, 0.15) is 44.1 Å². The van der Waals surface area contributed by atoms with Crippen LogP contribution in [0.3, 0.4) is 0 Å². The number of imidazole rings is 1. The number of nitrogens with one attached hydrogen (secondary N) is 2. The summed E-state index contributed by atoms with van der Waals surface area (Å²) < 4.78 is 45.1. The Morgan fingerprint density at radius 2 is 2.06 bits per heavy atom. The molecule has 1 aromatic carbocycles. The lowest BCUT2D eigenvalue weighted by Crippen LogP contribution is -2.33. The maximum Gasteiger partial charge on any atom is 0.397 e. The Morgan fingerprint density at radius 3 is 2.67 bits per heavy atom. The van der Waals surface area contributed by atoms with Crippen LogP contribution in [0.2, 0.25) is 0 Å². The summed E-state index contributed by atoms with van der Waals surface area (Å²) in [5.74, 6) is -0.278. The van der Waals surface area contributed by atoms with Crippen LogP contribution in [-0.4, -0.2) is 33.7 Å². The number of ether oxygens (including phenoxy) is 1. The van der Waals surface area contributed by atoms with Crippen LogP contribution in [0.5, 0.6) is 5.75 Å². The Bertz CT molecular complexity index is 1090. The van der Waals surface area contributed by atoms with Crippen LogP contribution in [0, 0.1) is 12.8 Å². The second kappa shape index (κ2) is 10.2. The quantitative estimate of drug-likeness (QED) is 0.419. The molecule has 0 bridgehead atoms. The number of nitrogens with zero attached hydrogens (tertiary/aromatic N) is 3. The topological polar surface area (TPSA) is 81.1 Å². The molecule has 11 heteroatoms. The monoisotopic (exact) mass is 481 g/mol. The lowest BCUT2D eigenvalue weighted by atomic mass is 10.0. The lowest BCUT2D eigenvalue weighted by Gasteiger charge is -2.19. The molecule has 3 aromatic rings. The van der Waals surface area contributed by atoms with Gasteiger partial charge in [0.15, 0.2) is 5.13 Å². The van der Waals surface area contributed by atoms with Gasteiger partial charge in [-0.1, -0.05) is 13.8 Å². The molecule has 1 amide bonds. The summed E-state index contributed by atoms with van der Waals surface area (Å²) in [6, 6.07) is 4.97. The SMILES string of the molecule is COc1cc(Nc2nc([C@H](CC(C)C)NC(=O)CC(F)(F)F)cs2)ccc1-n1cnc(C)c1. The highest BCUT2D eigenvalue weighted by Gasteiger charge is 2.32. The average molecular weight is 482 g/mol. The highest BCUT2D eigenvalue weighted by atomic mass is 32.1. The number of halogens is 3. The van der Waals surface area contributed by atoms with E-state index in [0.29, 0.717) is 23.0 Å². The van der Waals surface area contributed by atoms with Gasteiger partial charge >= 0.3 is 6.18 Å². The van der Waals surface area contributed by atoms with Crippen molar-refractivity contribution in [3.63, 3.8) is 0 Å². The van der Waals surface area contributed by atoms with Gasteiger partial charge in [0.2, 0.25) is 5.91 Å². The highest BCUT2D eigenvalue weighted by Crippen LogP contribution is 2.31. The number of benzene rings is 1. The zero-order valence-corrected chi connectivity index (χ0v) is 19.5. The van der Waals surface area contributed by atoms with E-state index >= 15 is 0 Å². The van der Waals surface area contributed by atoms with E-state index in [-0.39, 0.29) is 5.92 Å². The van der Waals surface area contributed by atoms with Gasteiger partial charge in [-0.05, 0) is 31.4 Å². The van der Waals surface area contributed by atoms with Gasteiger partial charge < -0.3 is 19.9 Å². The fourth-order valence-electron chi connectivity index (χ4n) is 3.30. The van der Waals surface area contributed by atoms with Crippen molar-refractivity contribution in [2.75, 3.05) is 12.4 Å². The molecule has 0 aliphatic carbocycles. The maximum absolute atomic E-state index is 12.6. The molecule has 0 saturated heterocycles. The van der Waals surface area contributed by atoms with E-state index in [1.165, 1.54) is 11.3 Å². The molecule has 0 saturated carbocycles. The molecule has 0 fully saturated rings. The minimum atomic E-state index is -4.55. The first kappa shape index (κ1) is 24.6. The molecule has 2 aromatic heterocycles. The zero-order valence-electron chi connectivity index (χ0n) is 18.7. The first-order valence-corrected chi connectivity index (χ1v) is 11.2. The van der Waals surface area contributed by atoms with Gasteiger partial charge in [-0.2, -0.15) is 13.2 Å². The van der Waals surface area contributed by atoms with Gasteiger partial charge in [0, 0.05) is 23.3 Å². The predicted octanol–water partition coefficient (Wildman–Crippen LogP) is 5.55. The Balaban J connectivity index is 1.76. The average Bonchev–Trinajstić information content (AvgIpc) is 3.34. The van der Waals surface area contributed by atoms with Crippen molar-refractivity contribution in [1.29, 1.82) is 0 Å². The van der Waals surface area contributed by atoms with Crippen molar-refractivity contribution >= 4 is 28.1 Å². The zero-order chi connectivity index (χ0) is 24.2. The molecule has 0 aliphatic rings. The molecule has 2 heterocycles. The van der Waals surface area contributed by atoms with Crippen LogP contribution in [0.25, 0.3) is 5.69 Å².